The van der Waals surface area contributed by atoms with Crippen LogP contribution in [0.5, 0.6) is 0 Å². The second kappa shape index (κ2) is 7.18. The summed E-state index contributed by atoms with van der Waals surface area (Å²) in [5.41, 5.74) is 2.65. The Morgan fingerprint density at radius 2 is 2.00 bits per heavy atom. The van der Waals surface area contributed by atoms with Crippen LogP contribution in [0, 0.1) is 0 Å². The molecule has 5 nitrogen and oxygen atoms in total. The third-order valence-electron chi connectivity index (χ3n) is 4.58. The predicted molar refractivity (Wildman–Crippen MR) is 94.4 cm³/mol. The van der Waals surface area contributed by atoms with Gasteiger partial charge in [0, 0.05) is 30.6 Å². The van der Waals surface area contributed by atoms with Crippen LogP contribution in [0.15, 0.2) is 29.1 Å². The van der Waals surface area contributed by atoms with Gasteiger partial charge in [-0.3, -0.25) is 9.59 Å². The first-order valence-electron chi connectivity index (χ1n) is 8.56. The van der Waals surface area contributed by atoms with Crippen LogP contribution in [0.1, 0.15) is 37.3 Å². The number of benzene rings is 1. The van der Waals surface area contributed by atoms with E-state index in [2.05, 4.69) is 24.9 Å². The Labute approximate surface area is 141 Å². The fourth-order valence-corrected chi connectivity index (χ4v) is 3.03. The van der Waals surface area contributed by atoms with Crippen molar-refractivity contribution in [1.82, 2.24) is 9.88 Å². The van der Waals surface area contributed by atoms with E-state index >= 15 is 0 Å². The number of nitrogens with one attached hydrogen (secondary N) is 1. The highest BCUT2D eigenvalue weighted by Crippen LogP contribution is 2.20. The predicted octanol–water partition coefficient (Wildman–Crippen LogP) is 2.44. The number of rotatable bonds is 4. The number of pyridine rings is 1. The second-order valence-corrected chi connectivity index (χ2v) is 6.62. The average molecular weight is 328 g/mol. The Morgan fingerprint density at radius 1 is 1.25 bits per heavy atom. The third kappa shape index (κ3) is 3.67. The molecule has 1 aliphatic heterocycles. The molecule has 24 heavy (non-hydrogen) atoms. The SMILES string of the molecule is CC(C)c1ccc2[nH]c(=O)c(CCC(=O)N3CCOCC3)cc2c1. The van der Waals surface area contributed by atoms with E-state index in [4.69, 9.17) is 4.74 Å². The number of H-pyrrole nitrogens is 1. The number of amides is 1. The van der Waals surface area contributed by atoms with Gasteiger partial charge in [0.15, 0.2) is 0 Å². The Kier molecular flexibility index (Phi) is 5.00. The Bertz CT molecular complexity index is 789. The molecule has 128 valence electrons. The lowest BCUT2D eigenvalue weighted by molar-refractivity contribution is -0.135. The van der Waals surface area contributed by atoms with Gasteiger partial charge in [-0.25, -0.2) is 0 Å². The van der Waals surface area contributed by atoms with Gasteiger partial charge in [-0.15, -0.1) is 0 Å². The van der Waals surface area contributed by atoms with E-state index in [0.717, 1.165) is 10.9 Å². The van der Waals surface area contributed by atoms with Crippen molar-refractivity contribution in [2.45, 2.75) is 32.6 Å². The fraction of sp³-hybridized carbons (Fsp3) is 0.474. The largest absolute Gasteiger partial charge is 0.378 e. The van der Waals surface area contributed by atoms with Crippen molar-refractivity contribution >= 4 is 16.8 Å². The minimum Gasteiger partial charge on any atom is -0.378 e. The number of aromatic amines is 1. The maximum absolute atomic E-state index is 12.2. The molecule has 1 aromatic heterocycles. The summed E-state index contributed by atoms with van der Waals surface area (Å²) in [5, 5.41) is 1.02. The van der Waals surface area contributed by atoms with Gasteiger partial charge in [-0.2, -0.15) is 0 Å². The van der Waals surface area contributed by atoms with Gasteiger partial charge in [0.05, 0.1) is 13.2 Å². The molecule has 5 heteroatoms. The number of ether oxygens (including phenoxy) is 1. The number of carbonyl (C=O) groups excluding carboxylic acids is 1. The number of fused-ring (bicyclic) bond motifs is 1. The summed E-state index contributed by atoms with van der Waals surface area (Å²) < 4.78 is 5.26. The summed E-state index contributed by atoms with van der Waals surface area (Å²) in [5.74, 6) is 0.529. The summed E-state index contributed by atoms with van der Waals surface area (Å²) in [6, 6.07) is 8.04. The molecule has 1 amide bonds. The highest BCUT2D eigenvalue weighted by atomic mass is 16.5. The van der Waals surface area contributed by atoms with E-state index in [1.807, 2.05) is 23.1 Å². The molecule has 0 bridgehead atoms. The Balaban J connectivity index is 1.77. The van der Waals surface area contributed by atoms with Gasteiger partial charge in [0.2, 0.25) is 5.91 Å². The Hall–Kier alpha value is -2.14. The third-order valence-corrected chi connectivity index (χ3v) is 4.58. The van der Waals surface area contributed by atoms with Crippen molar-refractivity contribution in [3.8, 4) is 0 Å². The number of aryl methyl sites for hydroxylation is 1. The summed E-state index contributed by atoms with van der Waals surface area (Å²) in [6.07, 6.45) is 0.825. The van der Waals surface area contributed by atoms with Crippen LogP contribution >= 0.6 is 0 Å². The molecule has 0 atom stereocenters. The zero-order chi connectivity index (χ0) is 17.1. The number of hydrogen-bond acceptors (Lipinski definition) is 3. The van der Waals surface area contributed by atoms with Crippen LogP contribution in [0.25, 0.3) is 10.9 Å². The summed E-state index contributed by atoms with van der Waals surface area (Å²) in [6.45, 7) is 6.78. The molecule has 0 radical (unpaired) electrons. The van der Waals surface area contributed by atoms with Gasteiger partial charge in [-0.1, -0.05) is 19.9 Å². The van der Waals surface area contributed by atoms with Crippen molar-refractivity contribution in [1.29, 1.82) is 0 Å². The van der Waals surface area contributed by atoms with E-state index in [1.54, 1.807) is 0 Å². The minimum atomic E-state index is -0.102. The quantitative estimate of drug-likeness (QED) is 0.938. The first-order valence-corrected chi connectivity index (χ1v) is 8.56. The molecular formula is C19H24N2O3. The van der Waals surface area contributed by atoms with Crippen molar-refractivity contribution in [2.75, 3.05) is 26.3 Å². The van der Waals surface area contributed by atoms with Gasteiger partial charge < -0.3 is 14.6 Å². The van der Waals surface area contributed by atoms with Gasteiger partial charge in [0.1, 0.15) is 0 Å². The van der Waals surface area contributed by atoms with Crippen LogP contribution in [0.2, 0.25) is 0 Å². The zero-order valence-electron chi connectivity index (χ0n) is 14.3. The number of aromatic nitrogens is 1. The molecular weight excluding hydrogens is 304 g/mol. The molecule has 0 unspecified atom stereocenters. The van der Waals surface area contributed by atoms with Crippen molar-refractivity contribution < 1.29 is 9.53 Å². The monoisotopic (exact) mass is 328 g/mol. The summed E-state index contributed by atoms with van der Waals surface area (Å²) >= 11 is 0. The van der Waals surface area contributed by atoms with Gasteiger partial charge >= 0.3 is 0 Å². The highest BCUT2D eigenvalue weighted by Gasteiger charge is 2.17. The van der Waals surface area contributed by atoms with Crippen molar-refractivity contribution in [3.05, 3.63) is 45.7 Å². The van der Waals surface area contributed by atoms with Crippen LogP contribution in [-0.4, -0.2) is 42.1 Å². The summed E-state index contributed by atoms with van der Waals surface area (Å²) in [4.78, 5) is 29.2. The lowest BCUT2D eigenvalue weighted by Crippen LogP contribution is -2.40. The lowest BCUT2D eigenvalue weighted by Gasteiger charge is -2.26. The van der Waals surface area contributed by atoms with E-state index in [9.17, 15) is 9.59 Å². The molecule has 1 N–H and O–H groups in total. The fourth-order valence-electron chi connectivity index (χ4n) is 3.03. The van der Waals surface area contributed by atoms with E-state index < -0.39 is 0 Å². The minimum absolute atomic E-state index is 0.0914. The molecule has 2 aromatic rings. The normalized spacial score (nSPS) is 15.2. The van der Waals surface area contributed by atoms with Gasteiger partial charge in [0.25, 0.3) is 5.56 Å². The molecule has 0 spiro atoms. The number of morpholine rings is 1. The molecule has 3 rings (SSSR count). The zero-order valence-corrected chi connectivity index (χ0v) is 14.3. The van der Waals surface area contributed by atoms with Crippen molar-refractivity contribution in [2.24, 2.45) is 0 Å². The van der Waals surface area contributed by atoms with Crippen LogP contribution in [0.3, 0.4) is 0 Å². The molecule has 1 saturated heterocycles. The standard InChI is InChI=1S/C19H24N2O3/c1-13(2)14-3-5-17-16(11-14)12-15(19(23)20-17)4-6-18(22)21-7-9-24-10-8-21/h3,5,11-13H,4,6-10H2,1-2H3,(H,20,23). The summed E-state index contributed by atoms with van der Waals surface area (Å²) in [7, 11) is 0. The first-order chi connectivity index (χ1) is 11.5. The molecule has 0 aliphatic carbocycles. The van der Waals surface area contributed by atoms with Crippen molar-refractivity contribution in [3.63, 3.8) is 0 Å². The topological polar surface area (TPSA) is 62.4 Å². The van der Waals surface area contributed by atoms with Gasteiger partial charge in [-0.05, 0) is 41.5 Å². The molecule has 2 heterocycles. The highest BCUT2D eigenvalue weighted by molar-refractivity contribution is 5.80. The maximum atomic E-state index is 12.2. The van der Waals surface area contributed by atoms with E-state index in [1.165, 1.54) is 5.56 Å². The van der Waals surface area contributed by atoms with E-state index in [-0.39, 0.29) is 11.5 Å². The molecule has 1 fully saturated rings. The number of carbonyl (C=O) groups is 1. The van der Waals surface area contributed by atoms with Crippen LogP contribution in [-0.2, 0) is 16.0 Å². The van der Waals surface area contributed by atoms with Crippen LogP contribution < -0.4 is 5.56 Å². The molecule has 0 saturated carbocycles. The molecule has 1 aromatic carbocycles. The molecule has 1 aliphatic rings. The van der Waals surface area contributed by atoms with Crippen LogP contribution in [0.4, 0.5) is 0 Å². The number of nitrogens with zero attached hydrogens (tertiary/aromatic N) is 1. The maximum Gasteiger partial charge on any atom is 0.251 e. The Morgan fingerprint density at radius 3 is 2.71 bits per heavy atom. The second-order valence-electron chi connectivity index (χ2n) is 6.62. The smallest absolute Gasteiger partial charge is 0.251 e. The average Bonchev–Trinajstić information content (AvgIpc) is 2.60. The van der Waals surface area contributed by atoms with E-state index in [0.29, 0.717) is 50.6 Å². The lowest BCUT2D eigenvalue weighted by atomic mass is 10.00. The first kappa shape index (κ1) is 16.7. The number of hydrogen-bond donors (Lipinski definition) is 1.